The molecule has 1 aromatic heterocycles. The second-order valence-corrected chi connectivity index (χ2v) is 4.77. The minimum absolute atomic E-state index is 0.103. The number of hydrogen-bond acceptors (Lipinski definition) is 5. The maximum Gasteiger partial charge on any atom is 0.272 e. The van der Waals surface area contributed by atoms with Crippen LogP contribution in [-0.2, 0) is 4.79 Å². The van der Waals surface area contributed by atoms with Gasteiger partial charge in [0, 0.05) is 12.5 Å². The average molecular weight is 279 g/mol. The lowest BCUT2D eigenvalue weighted by atomic mass is 10.2. The third-order valence-corrected chi connectivity index (χ3v) is 2.68. The van der Waals surface area contributed by atoms with Crippen LogP contribution in [0, 0.1) is 0 Å². The zero-order valence-corrected chi connectivity index (χ0v) is 12.2. The first-order valence-corrected chi connectivity index (χ1v) is 6.57. The van der Waals surface area contributed by atoms with Gasteiger partial charge in [0.2, 0.25) is 5.91 Å². The molecule has 0 aliphatic heterocycles. The minimum atomic E-state index is -0.755. The summed E-state index contributed by atoms with van der Waals surface area (Å²) in [5, 5.41) is 5.54. The van der Waals surface area contributed by atoms with Gasteiger partial charge in [0.15, 0.2) is 5.69 Å². The number of nitrogens with two attached hydrogens (primary N) is 1. The molecular weight excluding hydrogens is 258 g/mol. The summed E-state index contributed by atoms with van der Waals surface area (Å²) < 4.78 is 0. The number of hydrogen-bond donors (Lipinski definition) is 3. The van der Waals surface area contributed by atoms with Crippen molar-refractivity contribution in [3.05, 3.63) is 17.7 Å². The third kappa shape index (κ3) is 3.91. The average Bonchev–Trinajstić information content (AvgIpc) is 2.38. The van der Waals surface area contributed by atoms with E-state index in [2.05, 4.69) is 20.6 Å². The Labute approximate surface area is 118 Å². The molecule has 0 fully saturated rings. The van der Waals surface area contributed by atoms with Crippen molar-refractivity contribution in [1.82, 2.24) is 15.3 Å². The molecule has 7 heteroatoms. The van der Waals surface area contributed by atoms with E-state index in [1.165, 1.54) is 6.92 Å². The highest BCUT2D eigenvalue weighted by Crippen LogP contribution is 2.16. The van der Waals surface area contributed by atoms with Crippen LogP contribution in [0.25, 0.3) is 0 Å². The van der Waals surface area contributed by atoms with Crippen LogP contribution < -0.4 is 16.4 Å². The van der Waals surface area contributed by atoms with E-state index in [0.717, 1.165) is 0 Å². The smallest absolute Gasteiger partial charge is 0.272 e. The highest BCUT2D eigenvalue weighted by atomic mass is 16.2. The number of amides is 2. The Bertz CT molecular complexity index is 502. The molecule has 20 heavy (non-hydrogen) atoms. The number of carbonyl (C=O) groups is 2. The third-order valence-electron chi connectivity index (χ3n) is 2.68. The Hall–Kier alpha value is -2.18. The Morgan fingerprint density at radius 1 is 1.35 bits per heavy atom. The molecule has 0 saturated heterocycles. The first kappa shape index (κ1) is 15.9. The van der Waals surface area contributed by atoms with Crippen LogP contribution in [0.4, 0.5) is 5.69 Å². The summed E-state index contributed by atoms with van der Waals surface area (Å²) in [6, 6.07) is -0.755. The van der Waals surface area contributed by atoms with Gasteiger partial charge in [0.05, 0.1) is 11.9 Å². The highest BCUT2D eigenvalue weighted by molar-refractivity contribution is 5.99. The van der Waals surface area contributed by atoms with Gasteiger partial charge in [-0.05, 0) is 13.8 Å². The Morgan fingerprint density at radius 2 is 2.00 bits per heavy atom. The Kier molecular flexibility index (Phi) is 5.42. The van der Waals surface area contributed by atoms with Crippen molar-refractivity contribution in [3.8, 4) is 0 Å². The predicted octanol–water partition coefficient (Wildman–Crippen LogP) is 0.635. The van der Waals surface area contributed by atoms with Crippen LogP contribution in [0.15, 0.2) is 6.20 Å². The van der Waals surface area contributed by atoms with Crippen LogP contribution in [-0.4, -0.2) is 34.4 Å². The summed E-state index contributed by atoms with van der Waals surface area (Å²) in [7, 11) is 0. The van der Waals surface area contributed by atoms with Gasteiger partial charge in [-0.25, -0.2) is 9.97 Å². The molecule has 1 aromatic rings. The maximum atomic E-state index is 12.2. The van der Waals surface area contributed by atoms with Crippen molar-refractivity contribution in [1.29, 1.82) is 0 Å². The van der Waals surface area contributed by atoms with Gasteiger partial charge in [-0.2, -0.15) is 0 Å². The van der Waals surface area contributed by atoms with Crippen molar-refractivity contribution in [2.75, 3.05) is 11.9 Å². The molecule has 0 aromatic carbocycles. The normalized spacial score (nSPS) is 12.1. The molecule has 1 heterocycles. The van der Waals surface area contributed by atoms with E-state index in [1.807, 2.05) is 20.8 Å². The number of nitrogens with zero attached hydrogens (tertiary/aromatic N) is 2. The van der Waals surface area contributed by atoms with Crippen LogP contribution in [0.2, 0.25) is 0 Å². The Balaban J connectivity index is 3.08. The molecule has 0 aliphatic carbocycles. The van der Waals surface area contributed by atoms with Gasteiger partial charge in [0.25, 0.3) is 5.91 Å². The molecule has 7 nitrogen and oxygen atoms in total. The fourth-order valence-electron chi connectivity index (χ4n) is 1.50. The summed E-state index contributed by atoms with van der Waals surface area (Å²) >= 11 is 0. The quantitative estimate of drug-likeness (QED) is 0.707. The van der Waals surface area contributed by atoms with E-state index >= 15 is 0 Å². The lowest BCUT2D eigenvalue weighted by Gasteiger charge is -2.14. The first-order valence-electron chi connectivity index (χ1n) is 6.57. The number of primary amides is 1. The van der Waals surface area contributed by atoms with Gasteiger partial charge in [-0.15, -0.1) is 0 Å². The van der Waals surface area contributed by atoms with Crippen molar-refractivity contribution in [2.45, 2.75) is 39.7 Å². The van der Waals surface area contributed by atoms with Crippen LogP contribution >= 0.6 is 0 Å². The summed E-state index contributed by atoms with van der Waals surface area (Å²) in [6.45, 7) is 7.95. The Morgan fingerprint density at radius 3 is 2.50 bits per heavy atom. The fourth-order valence-corrected chi connectivity index (χ4v) is 1.50. The van der Waals surface area contributed by atoms with Crippen LogP contribution in [0.1, 0.15) is 49.9 Å². The van der Waals surface area contributed by atoms with Crippen molar-refractivity contribution < 1.29 is 9.59 Å². The molecule has 1 atom stereocenters. The molecule has 0 spiro atoms. The van der Waals surface area contributed by atoms with Crippen molar-refractivity contribution in [2.24, 2.45) is 5.73 Å². The zero-order valence-electron chi connectivity index (χ0n) is 12.2. The molecule has 4 N–H and O–H groups in total. The monoisotopic (exact) mass is 279 g/mol. The van der Waals surface area contributed by atoms with E-state index in [0.29, 0.717) is 18.1 Å². The summed E-state index contributed by atoms with van der Waals surface area (Å²) in [5.74, 6) is -0.368. The summed E-state index contributed by atoms with van der Waals surface area (Å²) in [5.41, 5.74) is 5.89. The second-order valence-electron chi connectivity index (χ2n) is 4.77. The lowest BCUT2D eigenvalue weighted by Crippen LogP contribution is -2.42. The first-order chi connectivity index (χ1) is 9.36. The molecule has 1 unspecified atom stereocenters. The molecule has 2 amide bonds. The minimum Gasteiger partial charge on any atom is -0.382 e. The summed E-state index contributed by atoms with van der Waals surface area (Å²) in [6.07, 6.45) is 1.58. The number of aromatic nitrogens is 2. The predicted molar refractivity (Wildman–Crippen MR) is 76.4 cm³/mol. The van der Waals surface area contributed by atoms with Gasteiger partial charge >= 0.3 is 0 Å². The van der Waals surface area contributed by atoms with E-state index in [9.17, 15) is 9.59 Å². The fraction of sp³-hybridized carbons (Fsp3) is 0.538. The number of anilines is 1. The van der Waals surface area contributed by atoms with Gasteiger partial charge in [0.1, 0.15) is 11.9 Å². The van der Waals surface area contributed by atoms with Gasteiger partial charge in [-0.3, -0.25) is 9.59 Å². The standard InChI is InChI=1S/C13H21N5O2/c1-5-15-9-6-16-12(7(2)3)18-10(9)13(20)17-8(4)11(14)19/h6-8,15H,5H2,1-4H3,(H2,14,19)(H,17,20). The molecular formula is C13H21N5O2. The van der Waals surface area contributed by atoms with E-state index in [1.54, 1.807) is 6.20 Å². The lowest BCUT2D eigenvalue weighted by molar-refractivity contribution is -0.119. The molecule has 1 rings (SSSR count). The maximum absolute atomic E-state index is 12.2. The molecule has 0 bridgehead atoms. The molecule has 0 aliphatic rings. The second kappa shape index (κ2) is 6.83. The van der Waals surface area contributed by atoms with Gasteiger partial charge in [-0.1, -0.05) is 13.8 Å². The number of nitrogens with one attached hydrogen (secondary N) is 2. The van der Waals surface area contributed by atoms with Crippen molar-refractivity contribution >= 4 is 17.5 Å². The van der Waals surface area contributed by atoms with Crippen LogP contribution in [0.3, 0.4) is 0 Å². The van der Waals surface area contributed by atoms with E-state index < -0.39 is 17.9 Å². The highest BCUT2D eigenvalue weighted by Gasteiger charge is 2.19. The largest absolute Gasteiger partial charge is 0.382 e. The molecule has 110 valence electrons. The summed E-state index contributed by atoms with van der Waals surface area (Å²) in [4.78, 5) is 31.7. The number of rotatable bonds is 6. The van der Waals surface area contributed by atoms with E-state index in [4.69, 9.17) is 5.73 Å². The molecule has 0 radical (unpaired) electrons. The van der Waals surface area contributed by atoms with E-state index in [-0.39, 0.29) is 11.6 Å². The van der Waals surface area contributed by atoms with Gasteiger partial charge < -0.3 is 16.4 Å². The topological polar surface area (TPSA) is 110 Å². The SMILES string of the molecule is CCNc1cnc(C(C)C)nc1C(=O)NC(C)C(N)=O. The van der Waals surface area contributed by atoms with Crippen LogP contribution in [0.5, 0.6) is 0 Å². The molecule has 0 saturated carbocycles. The zero-order chi connectivity index (χ0) is 15.3. The van der Waals surface area contributed by atoms with Crippen molar-refractivity contribution in [3.63, 3.8) is 0 Å². The number of carbonyl (C=O) groups excluding carboxylic acids is 2.